The number of fused-ring (bicyclic) bond motifs is 6. The number of hydrogen-bond donors (Lipinski definition) is 0. The van der Waals surface area contributed by atoms with Crippen LogP contribution in [0.1, 0.15) is 0 Å². The highest BCUT2D eigenvalue weighted by Crippen LogP contribution is 2.43. The molecule has 3 heterocycles. The summed E-state index contributed by atoms with van der Waals surface area (Å²) >= 11 is 0. The molecular formula is C45H27N3O2. The Labute approximate surface area is 287 Å². The third-order valence-corrected chi connectivity index (χ3v) is 9.36. The average molecular weight is 642 g/mol. The fourth-order valence-corrected chi connectivity index (χ4v) is 7.06. The Morgan fingerprint density at radius 2 is 0.900 bits per heavy atom. The number of hydrogen-bond acceptors (Lipinski definition) is 5. The van der Waals surface area contributed by atoms with Gasteiger partial charge in [-0.05, 0) is 58.7 Å². The molecule has 0 aliphatic rings. The van der Waals surface area contributed by atoms with E-state index in [0.717, 1.165) is 82.8 Å². The normalized spacial score (nSPS) is 11.6. The van der Waals surface area contributed by atoms with E-state index in [2.05, 4.69) is 78.9 Å². The predicted molar refractivity (Wildman–Crippen MR) is 202 cm³/mol. The van der Waals surface area contributed by atoms with Crippen molar-refractivity contribution >= 4 is 43.9 Å². The molecule has 5 nitrogen and oxygen atoms in total. The first-order valence-corrected chi connectivity index (χ1v) is 16.6. The van der Waals surface area contributed by atoms with Gasteiger partial charge in [0.1, 0.15) is 22.3 Å². The first kappa shape index (κ1) is 28.2. The van der Waals surface area contributed by atoms with Crippen molar-refractivity contribution in [3.8, 4) is 56.4 Å². The van der Waals surface area contributed by atoms with Crippen LogP contribution in [-0.2, 0) is 0 Å². The van der Waals surface area contributed by atoms with Crippen molar-refractivity contribution in [1.82, 2.24) is 15.0 Å². The predicted octanol–water partition coefficient (Wildman–Crippen LogP) is 12.0. The van der Waals surface area contributed by atoms with Crippen LogP contribution in [0.25, 0.3) is 100 Å². The van der Waals surface area contributed by atoms with Crippen LogP contribution in [0.3, 0.4) is 0 Å². The van der Waals surface area contributed by atoms with E-state index in [1.807, 2.05) is 84.9 Å². The topological polar surface area (TPSA) is 65.0 Å². The van der Waals surface area contributed by atoms with Crippen molar-refractivity contribution in [3.63, 3.8) is 0 Å². The van der Waals surface area contributed by atoms with Gasteiger partial charge in [-0.3, -0.25) is 0 Å². The lowest BCUT2D eigenvalue weighted by molar-refractivity contribution is 0.668. The highest BCUT2D eigenvalue weighted by atomic mass is 16.3. The molecule has 3 aromatic heterocycles. The van der Waals surface area contributed by atoms with Gasteiger partial charge in [0.15, 0.2) is 17.5 Å². The minimum absolute atomic E-state index is 0.566. The SMILES string of the molecule is c1ccc(-c2ccc3oc4cccc(-c5nc(-c6ccccc6)nc(-c6c(-c7ccccc7)ccc7oc8ccccc8c67)n5)c4c3c2)cc1. The number of aromatic nitrogens is 3. The van der Waals surface area contributed by atoms with Gasteiger partial charge in [-0.25, -0.2) is 15.0 Å². The third kappa shape index (κ3) is 4.60. The monoisotopic (exact) mass is 641 g/mol. The molecule has 0 saturated carbocycles. The molecule has 0 spiro atoms. The Balaban J connectivity index is 1.29. The second-order valence-corrected chi connectivity index (χ2v) is 12.4. The van der Waals surface area contributed by atoms with Crippen molar-refractivity contribution < 1.29 is 8.83 Å². The molecule has 0 fully saturated rings. The maximum absolute atomic E-state index is 6.42. The van der Waals surface area contributed by atoms with Crippen molar-refractivity contribution in [1.29, 1.82) is 0 Å². The van der Waals surface area contributed by atoms with Gasteiger partial charge in [0.2, 0.25) is 0 Å². The minimum Gasteiger partial charge on any atom is -0.456 e. The van der Waals surface area contributed by atoms with Crippen LogP contribution in [-0.4, -0.2) is 15.0 Å². The van der Waals surface area contributed by atoms with Crippen LogP contribution < -0.4 is 0 Å². The Hall–Kier alpha value is -6.85. The van der Waals surface area contributed by atoms with Gasteiger partial charge in [0.05, 0.1) is 0 Å². The fraction of sp³-hybridized carbons (Fsp3) is 0. The molecule has 5 heteroatoms. The summed E-state index contributed by atoms with van der Waals surface area (Å²) in [5.74, 6) is 1.72. The summed E-state index contributed by atoms with van der Waals surface area (Å²) in [7, 11) is 0. The van der Waals surface area contributed by atoms with Gasteiger partial charge in [-0.1, -0.05) is 127 Å². The molecule has 0 aliphatic carbocycles. The van der Waals surface area contributed by atoms with Gasteiger partial charge in [-0.15, -0.1) is 0 Å². The zero-order valence-electron chi connectivity index (χ0n) is 26.7. The van der Waals surface area contributed by atoms with E-state index in [0.29, 0.717) is 17.5 Å². The van der Waals surface area contributed by atoms with Crippen molar-refractivity contribution in [2.45, 2.75) is 0 Å². The van der Waals surface area contributed by atoms with Crippen molar-refractivity contribution in [2.24, 2.45) is 0 Å². The lowest BCUT2D eigenvalue weighted by Gasteiger charge is -2.14. The Morgan fingerprint density at radius 1 is 0.320 bits per heavy atom. The van der Waals surface area contributed by atoms with E-state index < -0.39 is 0 Å². The fourth-order valence-electron chi connectivity index (χ4n) is 7.06. The first-order chi connectivity index (χ1) is 24.8. The van der Waals surface area contributed by atoms with Crippen LogP contribution in [0.5, 0.6) is 0 Å². The van der Waals surface area contributed by atoms with Gasteiger partial charge in [0.25, 0.3) is 0 Å². The summed E-state index contributed by atoms with van der Waals surface area (Å²) in [5.41, 5.74) is 10.2. The lowest BCUT2D eigenvalue weighted by Crippen LogP contribution is -2.01. The number of furan rings is 2. The standard InChI is InChI=1S/C45H27N3O2/c1-4-13-28(14-5-1)31-23-25-37-35(27-31)40-34(20-12-22-38(40)50-37)44-46-43(30-17-8-3-9-18-30)47-45(48-44)42-32(29-15-6-2-7-16-29)24-26-39-41(42)33-19-10-11-21-36(33)49-39/h1-27H. The summed E-state index contributed by atoms with van der Waals surface area (Å²) < 4.78 is 12.8. The largest absolute Gasteiger partial charge is 0.456 e. The quantitative estimate of drug-likeness (QED) is 0.187. The molecule has 0 bridgehead atoms. The molecule has 234 valence electrons. The molecular weight excluding hydrogens is 615 g/mol. The molecule has 10 rings (SSSR count). The van der Waals surface area contributed by atoms with Gasteiger partial charge in [-0.2, -0.15) is 0 Å². The minimum atomic E-state index is 0.566. The van der Waals surface area contributed by atoms with Gasteiger partial charge < -0.3 is 8.83 Å². The van der Waals surface area contributed by atoms with Crippen molar-refractivity contribution in [2.75, 3.05) is 0 Å². The van der Waals surface area contributed by atoms with E-state index in [1.54, 1.807) is 0 Å². The molecule has 0 N–H and O–H groups in total. The summed E-state index contributed by atoms with van der Waals surface area (Å²) in [6, 6.07) is 55.6. The molecule has 0 atom stereocenters. The van der Waals surface area contributed by atoms with E-state index in [4.69, 9.17) is 23.8 Å². The first-order valence-electron chi connectivity index (χ1n) is 16.6. The van der Waals surface area contributed by atoms with E-state index in [1.165, 1.54) is 0 Å². The lowest BCUT2D eigenvalue weighted by atomic mass is 9.94. The van der Waals surface area contributed by atoms with E-state index in [-0.39, 0.29) is 0 Å². The summed E-state index contributed by atoms with van der Waals surface area (Å²) in [5, 5.41) is 3.95. The number of rotatable bonds is 5. The van der Waals surface area contributed by atoms with Gasteiger partial charge in [0, 0.05) is 38.2 Å². The number of benzene rings is 7. The Kier molecular flexibility index (Phi) is 6.42. The zero-order valence-corrected chi connectivity index (χ0v) is 26.7. The Morgan fingerprint density at radius 3 is 1.68 bits per heavy atom. The highest BCUT2D eigenvalue weighted by molar-refractivity contribution is 6.16. The highest BCUT2D eigenvalue weighted by Gasteiger charge is 2.23. The van der Waals surface area contributed by atoms with E-state index >= 15 is 0 Å². The van der Waals surface area contributed by atoms with Crippen molar-refractivity contribution in [3.05, 3.63) is 164 Å². The maximum atomic E-state index is 6.42. The number of nitrogens with zero attached hydrogens (tertiary/aromatic N) is 3. The third-order valence-electron chi connectivity index (χ3n) is 9.36. The molecule has 10 aromatic rings. The second-order valence-electron chi connectivity index (χ2n) is 12.4. The molecule has 0 amide bonds. The maximum Gasteiger partial charge on any atom is 0.165 e. The molecule has 0 saturated heterocycles. The Bertz CT molecular complexity index is 2860. The molecule has 0 unspecified atom stereocenters. The van der Waals surface area contributed by atoms with Crippen LogP contribution in [0.4, 0.5) is 0 Å². The summed E-state index contributed by atoms with van der Waals surface area (Å²) in [6.07, 6.45) is 0. The molecule has 0 radical (unpaired) electrons. The molecule has 0 aliphatic heterocycles. The average Bonchev–Trinajstić information content (AvgIpc) is 3.76. The number of para-hydroxylation sites is 1. The van der Waals surface area contributed by atoms with Crippen LogP contribution in [0, 0.1) is 0 Å². The van der Waals surface area contributed by atoms with Crippen LogP contribution >= 0.6 is 0 Å². The summed E-state index contributed by atoms with van der Waals surface area (Å²) in [6.45, 7) is 0. The van der Waals surface area contributed by atoms with Gasteiger partial charge >= 0.3 is 0 Å². The smallest absolute Gasteiger partial charge is 0.165 e. The zero-order chi connectivity index (χ0) is 33.0. The van der Waals surface area contributed by atoms with E-state index in [9.17, 15) is 0 Å². The molecule has 50 heavy (non-hydrogen) atoms. The van der Waals surface area contributed by atoms with Crippen LogP contribution in [0.2, 0.25) is 0 Å². The second kappa shape index (κ2) is 11.4. The molecule has 7 aromatic carbocycles. The van der Waals surface area contributed by atoms with Crippen LogP contribution in [0.15, 0.2) is 173 Å². The summed E-state index contributed by atoms with van der Waals surface area (Å²) in [4.78, 5) is 15.7.